The second-order valence-electron chi connectivity index (χ2n) is 4.34. The van der Waals surface area contributed by atoms with Crippen LogP contribution in [0.1, 0.15) is 12.0 Å². The normalized spacial score (nSPS) is 20.1. The summed E-state index contributed by atoms with van der Waals surface area (Å²) in [6, 6.07) is 2.53. The standard InChI is InChI=1S/C12H14F2N2O/c1-7-2-3-9(13)12(11(7)14)16-6-8(5-15)4-10(16)17/h2-3,8H,4-6,15H2,1H3. The molecule has 17 heavy (non-hydrogen) atoms. The van der Waals surface area contributed by atoms with E-state index >= 15 is 0 Å². The molecular weight excluding hydrogens is 226 g/mol. The highest BCUT2D eigenvalue weighted by atomic mass is 19.1. The van der Waals surface area contributed by atoms with Crippen molar-refractivity contribution in [2.75, 3.05) is 18.0 Å². The molecule has 0 aliphatic carbocycles. The third-order valence-electron chi connectivity index (χ3n) is 3.07. The largest absolute Gasteiger partial charge is 0.330 e. The van der Waals surface area contributed by atoms with E-state index in [1.165, 1.54) is 12.1 Å². The molecule has 0 radical (unpaired) electrons. The first-order chi connectivity index (χ1) is 8.04. The Labute approximate surface area is 98.2 Å². The highest BCUT2D eigenvalue weighted by Gasteiger charge is 2.33. The second-order valence-corrected chi connectivity index (χ2v) is 4.34. The van der Waals surface area contributed by atoms with Crippen molar-refractivity contribution in [2.45, 2.75) is 13.3 Å². The molecule has 2 N–H and O–H groups in total. The van der Waals surface area contributed by atoms with Crippen molar-refractivity contribution in [3.05, 3.63) is 29.3 Å². The van der Waals surface area contributed by atoms with Crippen LogP contribution in [0.25, 0.3) is 0 Å². The summed E-state index contributed by atoms with van der Waals surface area (Å²) in [5.74, 6) is -1.68. The summed E-state index contributed by atoms with van der Waals surface area (Å²) in [6.45, 7) is 2.17. The van der Waals surface area contributed by atoms with Crippen LogP contribution in [0.15, 0.2) is 12.1 Å². The van der Waals surface area contributed by atoms with Crippen molar-refractivity contribution in [3.8, 4) is 0 Å². The molecule has 1 aromatic carbocycles. The summed E-state index contributed by atoms with van der Waals surface area (Å²) in [4.78, 5) is 12.9. The Balaban J connectivity index is 2.41. The van der Waals surface area contributed by atoms with Gasteiger partial charge >= 0.3 is 0 Å². The van der Waals surface area contributed by atoms with Crippen LogP contribution in [0.4, 0.5) is 14.5 Å². The van der Waals surface area contributed by atoms with Crippen LogP contribution in [0.2, 0.25) is 0 Å². The monoisotopic (exact) mass is 240 g/mol. The number of amides is 1. The average Bonchev–Trinajstić information content (AvgIpc) is 2.66. The molecule has 0 saturated carbocycles. The fraction of sp³-hybridized carbons (Fsp3) is 0.417. The summed E-state index contributed by atoms with van der Waals surface area (Å²) < 4.78 is 27.5. The van der Waals surface area contributed by atoms with E-state index < -0.39 is 11.6 Å². The van der Waals surface area contributed by atoms with Crippen molar-refractivity contribution < 1.29 is 13.6 Å². The summed E-state index contributed by atoms with van der Waals surface area (Å²) in [5.41, 5.74) is 5.56. The Bertz CT molecular complexity index is 462. The van der Waals surface area contributed by atoms with Crippen LogP contribution in [0.3, 0.4) is 0 Å². The van der Waals surface area contributed by atoms with Gasteiger partial charge in [-0.25, -0.2) is 8.78 Å². The lowest BCUT2D eigenvalue weighted by atomic mass is 10.1. The molecule has 1 aliphatic rings. The number of carbonyl (C=O) groups is 1. The summed E-state index contributed by atoms with van der Waals surface area (Å²) in [6.07, 6.45) is 0.253. The van der Waals surface area contributed by atoms with E-state index in [1.54, 1.807) is 6.92 Å². The average molecular weight is 240 g/mol. The number of halogens is 2. The molecule has 5 heteroatoms. The molecule has 0 bridgehead atoms. The van der Waals surface area contributed by atoms with Crippen LogP contribution in [0, 0.1) is 24.5 Å². The lowest BCUT2D eigenvalue weighted by Crippen LogP contribution is -2.28. The van der Waals surface area contributed by atoms with Crippen molar-refractivity contribution in [1.29, 1.82) is 0 Å². The highest BCUT2D eigenvalue weighted by molar-refractivity contribution is 5.96. The predicted octanol–water partition coefficient (Wildman–Crippen LogP) is 1.58. The minimum Gasteiger partial charge on any atom is -0.330 e. The lowest BCUT2D eigenvalue weighted by Gasteiger charge is -2.19. The van der Waals surface area contributed by atoms with Crippen LogP contribution >= 0.6 is 0 Å². The van der Waals surface area contributed by atoms with Gasteiger partial charge in [-0.3, -0.25) is 4.79 Å². The molecule has 1 aliphatic heterocycles. The second kappa shape index (κ2) is 4.41. The summed E-state index contributed by atoms with van der Waals surface area (Å²) >= 11 is 0. The zero-order valence-corrected chi connectivity index (χ0v) is 9.54. The zero-order chi connectivity index (χ0) is 12.6. The van der Waals surface area contributed by atoms with Crippen molar-refractivity contribution in [3.63, 3.8) is 0 Å². The van der Waals surface area contributed by atoms with Crippen LogP contribution in [-0.2, 0) is 4.79 Å². The molecule has 0 aromatic heterocycles. The maximum atomic E-state index is 13.9. The Morgan fingerprint density at radius 3 is 2.76 bits per heavy atom. The van der Waals surface area contributed by atoms with Gasteiger partial charge in [0.1, 0.15) is 11.5 Å². The molecule has 3 nitrogen and oxygen atoms in total. The van der Waals surface area contributed by atoms with Gasteiger partial charge in [0.15, 0.2) is 5.82 Å². The number of nitrogens with zero attached hydrogens (tertiary/aromatic N) is 1. The number of hydrogen-bond acceptors (Lipinski definition) is 2. The van der Waals surface area contributed by atoms with Gasteiger partial charge in [0.05, 0.1) is 0 Å². The van der Waals surface area contributed by atoms with E-state index in [-0.39, 0.29) is 30.5 Å². The number of hydrogen-bond donors (Lipinski definition) is 1. The number of carbonyl (C=O) groups excluding carboxylic acids is 1. The molecule has 92 valence electrons. The smallest absolute Gasteiger partial charge is 0.227 e. The van der Waals surface area contributed by atoms with E-state index in [0.29, 0.717) is 12.1 Å². The molecule has 1 amide bonds. The zero-order valence-electron chi connectivity index (χ0n) is 9.54. The molecule has 1 saturated heterocycles. The van der Waals surface area contributed by atoms with Gasteiger partial charge in [-0.1, -0.05) is 6.07 Å². The minimum absolute atomic E-state index is 0.0261. The number of nitrogens with two attached hydrogens (primary N) is 1. The third kappa shape index (κ3) is 2.02. The first-order valence-electron chi connectivity index (χ1n) is 5.49. The Hall–Kier alpha value is -1.49. The maximum Gasteiger partial charge on any atom is 0.227 e. The minimum atomic E-state index is -0.709. The molecule has 1 unspecified atom stereocenters. The van der Waals surface area contributed by atoms with Crippen molar-refractivity contribution in [1.82, 2.24) is 0 Å². The number of anilines is 1. The van der Waals surface area contributed by atoms with E-state index in [1.807, 2.05) is 0 Å². The topological polar surface area (TPSA) is 46.3 Å². The highest BCUT2D eigenvalue weighted by Crippen LogP contribution is 2.30. The van der Waals surface area contributed by atoms with Crippen LogP contribution in [-0.4, -0.2) is 19.0 Å². The van der Waals surface area contributed by atoms with Gasteiger partial charge in [0.2, 0.25) is 5.91 Å². The number of benzene rings is 1. The molecule has 1 heterocycles. The first-order valence-corrected chi connectivity index (χ1v) is 5.49. The summed E-state index contributed by atoms with van der Waals surface area (Å²) in [5, 5.41) is 0. The van der Waals surface area contributed by atoms with Gasteiger partial charge in [-0.2, -0.15) is 0 Å². The Kier molecular flexibility index (Phi) is 3.11. The first kappa shape index (κ1) is 12.0. The van der Waals surface area contributed by atoms with Gasteiger partial charge in [-0.15, -0.1) is 0 Å². The van der Waals surface area contributed by atoms with E-state index in [4.69, 9.17) is 5.73 Å². The van der Waals surface area contributed by atoms with Crippen LogP contribution in [0.5, 0.6) is 0 Å². The van der Waals surface area contributed by atoms with E-state index in [2.05, 4.69) is 0 Å². The fourth-order valence-electron chi connectivity index (χ4n) is 2.04. The molecule has 0 spiro atoms. The molecular formula is C12H14F2N2O. The van der Waals surface area contributed by atoms with E-state index in [9.17, 15) is 13.6 Å². The van der Waals surface area contributed by atoms with Crippen molar-refractivity contribution in [2.24, 2.45) is 11.7 Å². The predicted molar refractivity (Wildman–Crippen MR) is 60.6 cm³/mol. The summed E-state index contributed by atoms with van der Waals surface area (Å²) in [7, 11) is 0. The van der Waals surface area contributed by atoms with Gasteiger partial charge in [-0.05, 0) is 31.0 Å². The van der Waals surface area contributed by atoms with Gasteiger partial charge in [0, 0.05) is 13.0 Å². The number of rotatable bonds is 2. The van der Waals surface area contributed by atoms with E-state index in [0.717, 1.165) is 4.90 Å². The Morgan fingerprint density at radius 2 is 2.18 bits per heavy atom. The molecule has 1 atom stereocenters. The maximum absolute atomic E-state index is 13.9. The van der Waals surface area contributed by atoms with Crippen LogP contribution < -0.4 is 10.6 Å². The van der Waals surface area contributed by atoms with Gasteiger partial charge in [0.25, 0.3) is 0 Å². The third-order valence-corrected chi connectivity index (χ3v) is 3.07. The molecule has 1 fully saturated rings. The van der Waals surface area contributed by atoms with Crippen molar-refractivity contribution >= 4 is 11.6 Å². The Morgan fingerprint density at radius 1 is 1.47 bits per heavy atom. The fourth-order valence-corrected chi connectivity index (χ4v) is 2.04. The molecule has 2 rings (SSSR count). The molecule has 1 aromatic rings. The quantitative estimate of drug-likeness (QED) is 0.853. The number of aryl methyl sites for hydroxylation is 1. The SMILES string of the molecule is Cc1ccc(F)c(N2CC(CN)CC2=O)c1F. The van der Waals surface area contributed by atoms with Gasteiger partial charge < -0.3 is 10.6 Å². The lowest BCUT2D eigenvalue weighted by molar-refractivity contribution is -0.117.